The van der Waals surface area contributed by atoms with Crippen LogP contribution >= 0.6 is 0 Å². The molecule has 2 aromatic heterocycles. The molecule has 3 saturated carbocycles. The lowest BCUT2D eigenvalue weighted by atomic mass is 9.44. The first-order chi connectivity index (χ1) is 18.8. The van der Waals surface area contributed by atoms with Crippen molar-refractivity contribution in [2.24, 2.45) is 52.3 Å². The van der Waals surface area contributed by atoms with Crippen LogP contribution in [0, 0.1) is 52.3 Å². The van der Waals surface area contributed by atoms with Gasteiger partial charge in [-0.2, -0.15) is 0 Å². The van der Waals surface area contributed by atoms with E-state index >= 15 is 0 Å². The van der Waals surface area contributed by atoms with Crippen molar-refractivity contribution in [3.63, 3.8) is 0 Å². The molecule has 208 valence electrons. The SMILES string of the molecule is CC(C)CCC[C@@H](C)[C@H]1CCC2C3CC[C@@H]4Cc5nc6c(ccc7cccnc76)cc5C[C@]4(C)C3CC[C@@]21C. The van der Waals surface area contributed by atoms with Gasteiger partial charge in [0.1, 0.15) is 0 Å². The Kier molecular flexibility index (Phi) is 6.37. The van der Waals surface area contributed by atoms with E-state index < -0.39 is 0 Å². The fraction of sp³-hybridized carbons (Fsp3) is 0.676. The van der Waals surface area contributed by atoms with Crippen molar-refractivity contribution >= 4 is 21.8 Å². The van der Waals surface area contributed by atoms with Gasteiger partial charge in [0, 0.05) is 22.7 Å². The third kappa shape index (κ3) is 4.09. The van der Waals surface area contributed by atoms with E-state index in [0.717, 1.165) is 52.5 Å². The molecule has 3 unspecified atom stereocenters. The Labute approximate surface area is 236 Å². The van der Waals surface area contributed by atoms with Crippen molar-refractivity contribution in [2.75, 3.05) is 0 Å². The maximum Gasteiger partial charge on any atom is 0.0968 e. The third-order valence-corrected chi connectivity index (χ3v) is 13.0. The second-order valence-corrected chi connectivity index (χ2v) is 15.4. The molecular formula is C37H50N2. The fourth-order valence-electron chi connectivity index (χ4n) is 11.0. The summed E-state index contributed by atoms with van der Waals surface area (Å²) in [7, 11) is 0. The molecule has 2 heterocycles. The number of fused-ring (bicyclic) bond motifs is 9. The summed E-state index contributed by atoms with van der Waals surface area (Å²) in [6.07, 6.45) is 17.4. The smallest absolute Gasteiger partial charge is 0.0968 e. The lowest BCUT2D eigenvalue weighted by molar-refractivity contribution is -0.103. The molecule has 1 aromatic carbocycles. The number of aromatic nitrogens is 2. The minimum Gasteiger partial charge on any atom is -0.254 e. The van der Waals surface area contributed by atoms with Gasteiger partial charge in [-0.15, -0.1) is 0 Å². The minimum absolute atomic E-state index is 0.433. The molecule has 7 rings (SSSR count). The number of hydrogen-bond donors (Lipinski definition) is 0. The van der Waals surface area contributed by atoms with Gasteiger partial charge in [-0.05, 0) is 121 Å². The van der Waals surface area contributed by atoms with E-state index in [1.165, 1.54) is 92.7 Å². The molecule has 2 heteroatoms. The van der Waals surface area contributed by atoms with Gasteiger partial charge < -0.3 is 0 Å². The summed E-state index contributed by atoms with van der Waals surface area (Å²) in [5, 5.41) is 2.48. The highest BCUT2D eigenvalue weighted by Crippen LogP contribution is 2.68. The maximum atomic E-state index is 5.34. The predicted molar refractivity (Wildman–Crippen MR) is 164 cm³/mol. The van der Waals surface area contributed by atoms with Crippen LogP contribution in [0.5, 0.6) is 0 Å². The van der Waals surface area contributed by atoms with Crippen molar-refractivity contribution in [1.29, 1.82) is 0 Å². The van der Waals surface area contributed by atoms with Crippen molar-refractivity contribution in [2.45, 2.75) is 105 Å². The highest BCUT2D eigenvalue weighted by atomic mass is 14.8. The molecule has 0 amide bonds. The maximum absolute atomic E-state index is 5.34. The van der Waals surface area contributed by atoms with Crippen molar-refractivity contribution in [3.8, 4) is 0 Å². The Bertz CT molecular complexity index is 1370. The van der Waals surface area contributed by atoms with E-state index in [4.69, 9.17) is 9.97 Å². The van der Waals surface area contributed by atoms with Gasteiger partial charge in [0.05, 0.1) is 11.0 Å². The first-order valence-corrected chi connectivity index (χ1v) is 16.4. The third-order valence-electron chi connectivity index (χ3n) is 13.0. The van der Waals surface area contributed by atoms with Gasteiger partial charge in [-0.3, -0.25) is 9.97 Å². The molecule has 0 aliphatic heterocycles. The molecule has 3 aromatic rings. The molecule has 0 saturated heterocycles. The topological polar surface area (TPSA) is 25.8 Å². The van der Waals surface area contributed by atoms with E-state index in [1.807, 2.05) is 12.3 Å². The summed E-state index contributed by atoms with van der Waals surface area (Å²) < 4.78 is 0. The minimum atomic E-state index is 0.433. The zero-order valence-electron chi connectivity index (χ0n) is 25.2. The second kappa shape index (κ2) is 9.56. The molecule has 0 radical (unpaired) electrons. The zero-order valence-corrected chi connectivity index (χ0v) is 25.2. The molecule has 8 atom stereocenters. The summed E-state index contributed by atoms with van der Waals surface area (Å²) in [5.41, 5.74) is 6.10. The molecular weight excluding hydrogens is 472 g/mol. The monoisotopic (exact) mass is 522 g/mol. The summed E-state index contributed by atoms with van der Waals surface area (Å²) in [6, 6.07) is 11.2. The van der Waals surface area contributed by atoms with Gasteiger partial charge in [0.15, 0.2) is 0 Å². The molecule has 2 nitrogen and oxygen atoms in total. The Morgan fingerprint density at radius 2 is 1.69 bits per heavy atom. The first-order valence-electron chi connectivity index (χ1n) is 16.4. The van der Waals surface area contributed by atoms with E-state index in [0.29, 0.717) is 10.8 Å². The van der Waals surface area contributed by atoms with Gasteiger partial charge in [0.2, 0.25) is 0 Å². The summed E-state index contributed by atoms with van der Waals surface area (Å²) in [6.45, 7) is 12.8. The van der Waals surface area contributed by atoms with Crippen LogP contribution in [0.3, 0.4) is 0 Å². The highest BCUT2D eigenvalue weighted by Gasteiger charge is 2.60. The normalized spacial score (nSPS) is 36.4. The molecule has 4 aliphatic rings. The lowest BCUT2D eigenvalue weighted by Crippen LogP contribution is -2.54. The number of hydrogen-bond acceptors (Lipinski definition) is 2. The summed E-state index contributed by atoms with van der Waals surface area (Å²) in [4.78, 5) is 10.1. The van der Waals surface area contributed by atoms with Gasteiger partial charge in [-0.1, -0.05) is 72.1 Å². The van der Waals surface area contributed by atoms with Crippen LogP contribution < -0.4 is 0 Å². The average Bonchev–Trinajstić information content (AvgIpc) is 3.27. The average molecular weight is 523 g/mol. The fourth-order valence-corrected chi connectivity index (χ4v) is 11.0. The number of rotatable bonds is 5. The second-order valence-electron chi connectivity index (χ2n) is 15.4. The summed E-state index contributed by atoms with van der Waals surface area (Å²) in [5.74, 6) is 6.28. The Morgan fingerprint density at radius 3 is 2.54 bits per heavy atom. The first kappa shape index (κ1) is 26.0. The van der Waals surface area contributed by atoms with Crippen LogP contribution in [0.2, 0.25) is 0 Å². The van der Waals surface area contributed by atoms with Crippen LogP contribution in [0.4, 0.5) is 0 Å². The molecule has 39 heavy (non-hydrogen) atoms. The van der Waals surface area contributed by atoms with Crippen LogP contribution in [0.1, 0.15) is 104 Å². The largest absolute Gasteiger partial charge is 0.254 e. The van der Waals surface area contributed by atoms with Crippen LogP contribution in [-0.4, -0.2) is 9.97 Å². The number of benzene rings is 1. The van der Waals surface area contributed by atoms with Crippen molar-refractivity contribution in [3.05, 3.63) is 47.8 Å². The van der Waals surface area contributed by atoms with E-state index in [-0.39, 0.29) is 0 Å². The number of nitrogens with zero attached hydrogens (tertiary/aromatic N) is 2. The molecule has 0 bridgehead atoms. The predicted octanol–water partition coefficient (Wildman–Crippen LogP) is 9.82. The Balaban J connectivity index is 1.15. The van der Waals surface area contributed by atoms with Crippen molar-refractivity contribution < 1.29 is 0 Å². The standard InChI is InChI=1S/C37H50N2/c1-23(2)8-6-9-24(3)30-15-16-31-29-14-13-28-21-33-27(22-37(28,5)32(29)17-18-36(30,31)4)20-26-12-11-25-10-7-19-38-34(25)35(26)39-33/h7,10-12,19-20,23-24,28-32H,6,8-9,13-18,21-22H2,1-5H3/t24-,28-,29?,30-,31?,32?,36-,37+/m1/s1. The molecule has 3 fully saturated rings. The molecule has 0 N–H and O–H groups in total. The molecule has 4 aliphatic carbocycles. The van der Waals surface area contributed by atoms with E-state index in [9.17, 15) is 0 Å². The lowest BCUT2D eigenvalue weighted by Gasteiger charge is -2.60. The zero-order chi connectivity index (χ0) is 26.9. The van der Waals surface area contributed by atoms with E-state index in [1.54, 1.807) is 0 Å². The van der Waals surface area contributed by atoms with E-state index in [2.05, 4.69) is 58.9 Å². The quantitative estimate of drug-likeness (QED) is 0.312. The summed E-state index contributed by atoms with van der Waals surface area (Å²) >= 11 is 0. The number of pyridine rings is 2. The van der Waals surface area contributed by atoms with Gasteiger partial charge in [-0.25, -0.2) is 0 Å². The van der Waals surface area contributed by atoms with Crippen LogP contribution in [0.15, 0.2) is 36.5 Å². The van der Waals surface area contributed by atoms with Crippen molar-refractivity contribution in [1.82, 2.24) is 9.97 Å². The van der Waals surface area contributed by atoms with Gasteiger partial charge in [0.25, 0.3) is 0 Å². The molecule has 0 spiro atoms. The van der Waals surface area contributed by atoms with Crippen LogP contribution in [-0.2, 0) is 12.8 Å². The highest BCUT2D eigenvalue weighted by molar-refractivity contribution is 6.02. The van der Waals surface area contributed by atoms with Gasteiger partial charge >= 0.3 is 0 Å². The Hall–Kier alpha value is -1.96. The van der Waals surface area contributed by atoms with Crippen LogP contribution in [0.25, 0.3) is 21.8 Å². The Morgan fingerprint density at radius 1 is 0.872 bits per heavy atom.